The van der Waals surface area contributed by atoms with Gasteiger partial charge in [0.2, 0.25) is 5.91 Å². The smallest absolute Gasteiger partial charge is 0.329 e. The molecule has 0 aliphatic heterocycles. The fourth-order valence-electron chi connectivity index (χ4n) is 2.75. The second kappa shape index (κ2) is 17.8. The topological polar surface area (TPSA) is 95.5 Å². The van der Waals surface area contributed by atoms with Crippen molar-refractivity contribution in [2.75, 3.05) is 5.75 Å². The summed E-state index contributed by atoms with van der Waals surface area (Å²) in [6.07, 6.45) is 11.4. The van der Waals surface area contributed by atoms with Crippen LogP contribution in [0.25, 0.3) is 0 Å². The number of carboxylic acid groups (broad SMARTS) is 1. The maximum Gasteiger partial charge on any atom is 0.329 e. The molecule has 0 aliphatic rings. The predicted octanol–water partition coefficient (Wildman–Crippen LogP) is 6.30. The number of aliphatic carboxylic acids is 1. The van der Waals surface area contributed by atoms with Gasteiger partial charge in [-0.1, -0.05) is 60.6 Å². The fourth-order valence-corrected chi connectivity index (χ4v) is 4.69. The Morgan fingerprint density at radius 2 is 1.48 bits per heavy atom. The maximum atomic E-state index is 12.2. The molecule has 0 spiro atoms. The number of carbonyl (C=O) groups excluding carboxylic acids is 2. The third kappa shape index (κ3) is 16.6. The van der Waals surface area contributed by atoms with Crippen LogP contribution in [0.4, 0.5) is 4.79 Å². The van der Waals surface area contributed by atoms with E-state index in [1.807, 2.05) is 13.8 Å². The highest BCUT2D eigenvalue weighted by molar-refractivity contribution is 8.14. The lowest BCUT2D eigenvalue weighted by molar-refractivity contribution is -0.139. The first-order valence-electron chi connectivity index (χ1n) is 11.5. The number of carboxylic acids is 1. The number of hydrogen-bond acceptors (Lipinski definition) is 5. The van der Waals surface area contributed by atoms with Crippen LogP contribution < -0.4 is 10.6 Å². The molecule has 6 nitrogen and oxygen atoms in total. The van der Waals surface area contributed by atoms with Gasteiger partial charge in [-0.15, -0.1) is 11.8 Å². The third-order valence-electron chi connectivity index (χ3n) is 4.90. The van der Waals surface area contributed by atoms with Gasteiger partial charge in [0.25, 0.3) is 5.24 Å². The summed E-state index contributed by atoms with van der Waals surface area (Å²) >= 11 is 2.37. The van der Waals surface area contributed by atoms with Gasteiger partial charge in [-0.25, -0.2) is 4.79 Å². The van der Waals surface area contributed by atoms with Crippen molar-refractivity contribution in [3.63, 3.8) is 0 Å². The lowest BCUT2D eigenvalue weighted by Gasteiger charge is -2.25. The Kier molecular flexibility index (Phi) is 16.9. The molecule has 0 heterocycles. The van der Waals surface area contributed by atoms with Gasteiger partial charge in [-0.3, -0.25) is 9.59 Å². The molecule has 0 aliphatic carbocycles. The van der Waals surface area contributed by atoms with Crippen LogP contribution >= 0.6 is 23.5 Å². The molecule has 0 saturated heterocycles. The van der Waals surface area contributed by atoms with Gasteiger partial charge < -0.3 is 15.7 Å². The third-order valence-corrected chi connectivity index (χ3v) is 7.08. The van der Waals surface area contributed by atoms with Crippen molar-refractivity contribution in [1.82, 2.24) is 10.6 Å². The highest BCUT2D eigenvalue weighted by Gasteiger charge is 2.31. The molecule has 0 aromatic carbocycles. The van der Waals surface area contributed by atoms with E-state index in [0.29, 0.717) is 5.75 Å². The molecule has 33 heavy (non-hydrogen) atoms. The zero-order valence-electron chi connectivity index (χ0n) is 21.2. The lowest BCUT2D eigenvalue weighted by Crippen LogP contribution is -2.53. The summed E-state index contributed by atoms with van der Waals surface area (Å²) in [6, 6.07) is -1.21. The van der Waals surface area contributed by atoms with Crippen LogP contribution in [0, 0.1) is 0 Å². The minimum absolute atomic E-state index is 0.0850. The van der Waals surface area contributed by atoms with Crippen LogP contribution in [-0.2, 0) is 9.59 Å². The molecule has 0 saturated carbocycles. The van der Waals surface area contributed by atoms with Gasteiger partial charge in [0.1, 0.15) is 5.37 Å². The van der Waals surface area contributed by atoms with E-state index in [0.717, 1.165) is 43.9 Å². The maximum absolute atomic E-state index is 12.2. The molecule has 8 heteroatoms. The molecule has 3 atom stereocenters. The van der Waals surface area contributed by atoms with Crippen molar-refractivity contribution in [3.8, 4) is 0 Å². The summed E-state index contributed by atoms with van der Waals surface area (Å²) in [5.41, 5.74) is 3.94. The standard InChI is InChI=1S/C25H42N2O4S2/c1-8-20(6)33-25(31)27-22(24(29)30)23(26-21(7)28)32-16-15-19(5)14-10-13-18(4)12-9-11-17(2)3/h11,13,15,20,22-23H,8-10,12,14,16H2,1-7H3,(H,26,28)(H,27,31)(H,29,30)/b18-13+,19-15+/t20-,22-,23?/m0/s1. The molecule has 0 radical (unpaired) electrons. The van der Waals surface area contributed by atoms with E-state index in [1.165, 1.54) is 35.4 Å². The Hall–Kier alpha value is -1.67. The summed E-state index contributed by atoms with van der Waals surface area (Å²) in [5, 5.41) is 13.8. The molecular weight excluding hydrogens is 456 g/mol. The molecular formula is C25H42N2O4S2. The number of allylic oxidation sites excluding steroid dienone is 5. The molecule has 0 fully saturated rings. The van der Waals surface area contributed by atoms with E-state index in [4.69, 9.17) is 0 Å². The van der Waals surface area contributed by atoms with Gasteiger partial charge in [-0.05, 0) is 59.8 Å². The number of hydrogen-bond donors (Lipinski definition) is 3. The first-order valence-corrected chi connectivity index (χ1v) is 13.4. The first-order chi connectivity index (χ1) is 15.5. The largest absolute Gasteiger partial charge is 0.480 e. The van der Waals surface area contributed by atoms with Crippen LogP contribution in [0.5, 0.6) is 0 Å². The second-order valence-electron chi connectivity index (χ2n) is 8.50. The highest BCUT2D eigenvalue weighted by atomic mass is 32.2. The summed E-state index contributed by atoms with van der Waals surface area (Å²) in [4.78, 5) is 35.7. The highest BCUT2D eigenvalue weighted by Crippen LogP contribution is 2.19. The van der Waals surface area contributed by atoms with Gasteiger partial charge in [0.15, 0.2) is 6.04 Å². The van der Waals surface area contributed by atoms with E-state index in [-0.39, 0.29) is 11.2 Å². The Morgan fingerprint density at radius 1 is 0.909 bits per heavy atom. The average molecular weight is 499 g/mol. The lowest BCUT2D eigenvalue weighted by atomic mass is 10.1. The van der Waals surface area contributed by atoms with Gasteiger partial charge in [0.05, 0.1) is 0 Å². The zero-order chi connectivity index (χ0) is 25.4. The number of rotatable bonds is 15. The van der Waals surface area contributed by atoms with Gasteiger partial charge >= 0.3 is 5.97 Å². The fraction of sp³-hybridized carbons (Fsp3) is 0.640. The quantitative estimate of drug-likeness (QED) is 0.181. The molecule has 0 aromatic rings. The minimum Gasteiger partial charge on any atom is -0.480 e. The van der Waals surface area contributed by atoms with Gasteiger partial charge in [0, 0.05) is 17.9 Å². The second-order valence-corrected chi connectivity index (χ2v) is 11.1. The Bertz CT molecular complexity index is 728. The number of carbonyl (C=O) groups is 3. The van der Waals surface area contributed by atoms with E-state index < -0.39 is 22.6 Å². The van der Waals surface area contributed by atoms with E-state index in [2.05, 4.69) is 56.6 Å². The van der Waals surface area contributed by atoms with Crippen molar-refractivity contribution in [3.05, 3.63) is 34.9 Å². The molecule has 0 rings (SSSR count). The number of amides is 2. The van der Waals surface area contributed by atoms with Crippen molar-refractivity contribution in [1.29, 1.82) is 0 Å². The van der Waals surface area contributed by atoms with Crippen LogP contribution in [0.3, 0.4) is 0 Å². The van der Waals surface area contributed by atoms with Crippen LogP contribution in [0.1, 0.15) is 80.6 Å². The Morgan fingerprint density at radius 3 is 2.00 bits per heavy atom. The Labute approximate surface area is 208 Å². The first kappa shape index (κ1) is 31.3. The normalized spacial score (nSPS) is 14.8. The van der Waals surface area contributed by atoms with Gasteiger partial charge in [-0.2, -0.15) is 0 Å². The summed E-state index contributed by atoms with van der Waals surface area (Å²) in [7, 11) is 0. The summed E-state index contributed by atoms with van der Waals surface area (Å²) in [5.74, 6) is -0.969. The average Bonchev–Trinajstić information content (AvgIpc) is 2.70. The molecule has 0 bridgehead atoms. The van der Waals surface area contributed by atoms with Crippen molar-refractivity contribution >= 4 is 40.6 Å². The Balaban J connectivity index is 4.88. The molecule has 0 aromatic heterocycles. The van der Waals surface area contributed by atoms with Crippen LogP contribution in [0.15, 0.2) is 34.9 Å². The van der Waals surface area contributed by atoms with Crippen LogP contribution in [0.2, 0.25) is 0 Å². The van der Waals surface area contributed by atoms with E-state index >= 15 is 0 Å². The van der Waals surface area contributed by atoms with E-state index in [9.17, 15) is 19.5 Å². The zero-order valence-corrected chi connectivity index (χ0v) is 22.8. The molecule has 3 N–H and O–H groups in total. The van der Waals surface area contributed by atoms with E-state index in [1.54, 1.807) is 0 Å². The van der Waals surface area contributed by atoms with Crippen molar-refractivity contribution in [2.24, 2.45) is 0 Å². The number of nitrogens with one attached hydrogen (secondary N) is 2. The van der Waals surface area contributed by atoms with Crippen molar-refractivity contribution < 1.29 is 19.5 Å². The summed E-state index contributed by atoms with van der Waals surface area (Å²) < 4.78 is 0. The molecule has 2 amide bonds. The predicted molar refractivity (Wildman–Crippen MR) is 143 cm³/mol. The van der Waals surface area contributed by atoms with Crippen molar-refractivity contribution in [2.45, 2.75) is 97.2 Å². The molecule has 1 unspecified atom stereocenters. The minimum atomic E-state index is -1.21. The molecule has 188 valence electrons. The summed E-state index contributed by atoms with van der Waals surface area (Å²) in [6.45, 7) is 13.7. The SMILES string of the molecule is CC[C@H](C)SC(=O)N[C@H](C(=O)O)C(NC(C)=O)SC/C=C(\C)CC/C=C(\C)CCC=C(C)C. The number of thioether (sulfide) groups is 2. The van der Waals surface area contributed by atoms with Crippen LogP contribution in [-0.4, -0.2) is 44.6 Å². The monoisotopic (exact) mass is 498 g/mol.